The summed E-state index contributed by atoms with van der Waals surface area (Å²) in [6.07, 6.45) is 5.01. The van der Waals surface area contributed by atoms with E-state index in [2.05, 4.69) is 10.00 Å². The first-order valence-corrected chi connectivity index (χ1v) is 8.80. The summed E-state index contributed by atoms with van der Waals surface area (Å²) in [4.78, 5) is 16.9. The first-order chi connectivity index (χ1) is 11.7. The molecule has 1 fully saturated rings. The number of benzene rings is 1. The first kappa shape index (κ1) is 17.0. The van der Waals surface area contributed by atoms with Crippen LogP contribution in [0.4, 0.5) is 0 Å². The lowest BCUT2D eigenvalue weighted by molar-refractivity contribution is -0.130. The van der Waals surface area contributed by atoms with E-state index in [0.717, 1.165) is 51.3 Å². The molecule has 0 atom stereocenters. The van der Waals surface area contributed by atoms with Gasteiger partial charge in [0.05, 0.1) is 24.2 Å². The van der Waals surface area contributed by atoms with Crippen LogP contribution < -0.4 is 0 Å². The summed E-state index contributed by atoms with van der Waals surface area (Å²) in [5.74, 6) is 0.224. The van der Waals surface area contributed by atoms with Crippen LogP contribution in [-0.4, -0.2) is 58.2 Å². The molecule has 1 aliphatic heterocycles. The number of carbonyl (C=O) groups excluding carboxylic acids is 1. The summed E-state index contributed by atoms with van der Waals surface area (Å²) in [6, 6.07) is 9.96. The maximum Gasteiger partial charge on any atom is 0.227 e. The Labute approximate surface area is 147 Å². The summed E-state index contributed by atoms with van der Waals surface area (Å²) in [5.41, 5.74) is 1.08. The van der Waals surface area contributed by atoms with E-state index in [9.17, 15) is 4.79 Å². The van der Waals surface area contributed by atoms with Crippen molar-refractivity contribution >= 4 is 17.5 Å². The quantitative estimate of drug-likeness (QED) is 0.834. The highest BCUT2D eigenvalue weighted by Crippen LogP contribution is 2.09. The third kappa shape index (κ3) is 4.82. The minimum atomic E-state index is 0.224. The lowest BCUT2D eigenvalue weighted by Crippen LogP contribution is -2.36. The van der Waals surface area contributed by atoms with Gasteiger partial charge in [0, 0.05) is 32.4 Å². The molecule has 128 valence electrons. The van der Waals surface area contributed by atoms with Crippen LogP contribution in [0, 0.1) is 0 Å². The average Bonchev–Trinajstić information content (AvgIpc) is 2.86. The van der Waals surface area contributed by atoms with Gasteiger partial charge in [0.25, 0.3) is 0 Å². The first-order valence-electron chi connectivity index (χ1n) is 8.43. The summed E-state index contributed by atoms with van der Waals surface area (Å²) in [7, 11) is 0. The van der Waals surface area contributed by atoms with E-state index < -0.39 is 0 Å². The van der Waals surface area contributed by atoms with Crippen LogP contribution in [0.2, 0.25) is 5.02 Å². The zero-order valence-electron chi connectivity index (χ0n) is 13.8. The van der Waals surface area contributed by atoms with Crippen LogP contribution in [-0.2, 0) is 17.8 Å². The van der Waals surface area contributed by atoms with Crippen molar-refractivity contribution in [1.29, 1.82) is 0 Å². The van der Waals surface area contributed by atoms with E-state index in [-0.39, 0.29) is 5.91 Å². The molecule has 2 aromatic rings. The Morgan fingerprint density at radius 1 is 1.08 bits per heavy atom. The number of nitrogens with zero attached hydrogens (tertiary/aromatic N) is 4. The van der Waals surface area contributed by atoms with E-state index >= 15 is 0 Å². The normalized spacial score (nSPS) is 16.1. The number of halogens is 1. The molecule has 1 saturated heterocycles. The molecule has 1 aromatic heterocycles. The monoisotopic (exact) mass is 346 g/mol. The molecule has 3 rings (SSSR count). The van der Waals surface area contributed by atoms with Crippen molar-refractivity contribution in [2.45, 2.75) is 19.4 Å². The van der Waals surface area contributed by atoms with Gasteiger partial charge in [-0.15, -0.1) is 0 Å². The van der Waals surface area contributed by atoms with Gasteiger partial charge >= 0.3 is 0 Å². The van der Waals surface area contributed by atoms with Gasteiger partial charge in [0.15, 0.2) is 0 Å². The molecule has 5 nitrogen and oxygen atoms in total. The van der Waals surface area contributed by atoms with Crippen LogP contribution in [0.15, 0.2) is 42.7 Å². The van der Waals surface area contributed by atoms with Gasteiger partial charge in [-0.25, -0.2) is 0 Å². The average molecular weight is 347 g/mol. The standard InChI is InChI=1S/C18H23ClN4O/c19-17-14-20-23(15-17)12-10-21-7-4-8-22(11-9-21)18(24)13-16-5-2-1-3-6-16/h1-3,5-6,14-15H,4,7-13H2. The number of carbonyl (C=O) groups is 1. The van der Waals surface area contributed by atoms with Crippen LogP contribution >= 0.6 is 11.6 Å². The molecule has 1 aromatic carbocycles. The topological polar surface area (TPSA) is 41.4 Å². The summed E-state index contributed by atoms with van der Waals surface area (Å²) >= 11 is 5.89. The Balaban J connectivity index is 1.46. The van der Waals surface area contributed by atoms with Crippen molar-refractivity contribution in [2.24, 2.45) is 0 Å². The number of amides is 1. The molecule has 0 spiro atoms. The van der Waals surface area contributed by atoms with Crippen LogP contribution in [0.5, 0.6) is 0 Å². The van der Waals surface area contributed by atoms with Crippen molar-refractivity contribution < 1.29 is 4.79 Å². The van der Waals surface area contributed by atoms with Gasteiger partial charge in [0.2, 0.25) is 5.91 Å². The molecule has 24 heavy (non-hydrogen) atoms. The number of hydrogen-bond acceptors (Lipinski definition) is 3. The highest BCUT2D eigenvalue weighted by Gasteiger charge is 2.19. The zero-order chi connectivity index (χ0) is 16.8. The van der Waals surface area contributed by atoms with Gasteiger partial charge in [-0.1, -0.05) is 41.9 Å². The minimum absolute atomic E-state index is 0.224. The van der Waals surface area contributed by atoms with Crippen molar-refractivity contribution in [3.05, 3.63) is 53.3 Å². The third-order valence-corrected chi connectivity index (χ3v) is 4.58. The van der Waals surface area contributed by atoms with Gasteiger partial charge in [0.1, 0.15) is 0 Å². The minimum Gasteiger partial charge on any atom is -0.341 e. The van der Waals surface area contributed by atoms with Gasteiger partial charge in [-0.3, -0.25) is 14.4 Å². The molecule has 0 unspecified atom stereocenters. The van der Waals surface area contributed by atoms with E-state index in [1.807, 2.05) is 46.1 Å². The second-order valence-electron chi connectivity index (χ2n) is 6.16. The highest BCUT2D eigenvalue weighted by atomic mass is 35.5. The predicted molar refractivity (Wildman–Crippen MR) is 95.0 cm³/mol. The molecule has 1 aliphatic rings. The molecular formula is C18H23ClN4O. The van der Waals surface area contributed by atoms with Crippen molar-refractivity contribution in [1.82, 2.24) is 19.6 Å². The SMILES string of the molecule is O=C(Cc1ccccc1)N1CCCN(CCn2cc(Cl)cn2)CC1. The van der Waals surface area contributed by atoms with Crippen molar-refractivity contribution in [3.8, 4) is 0 Å². The maximum atomic E-state index is 12.5. The smallest absolute Gasteiger partial charge is 0.227 e. The van der Waals surface area contributed by atoms with E-state index in [1.165, 1.54) is 0 Å². The van der Waals surface area contributed by atoms with Crippen LogP contribution in [0.3, 0.4) is 0 Å². The van der Waals surface area contributed by atoms with Gasteiger partial charge in [-0.2, -0.15) is 5.10 Å². The molecule has 1 amide bonds. The van der Waals surface area contributed by atoms with Crippen LogP contribution in [0.25, 0.3) is 0 Å². The number of aromatic nitrogens is 2. The van der Waals surface area contributed by atoms with Crippen LogP contribution in [0.1, 0.15) is 12.0 Å². The number of hydrogen-bond donors (Lipinski definition) is 0. The van der Waals surface area contributed by atoms with Gasteiger partial charge < -0.3 is 4.90 Å². The van der Waals surface area contributed by atoms with Gasteiger partial charge in [-0.05, 0) is 18.5 Å². The van der Waals surface area contributed by atoms with E-state index in [4.69, 9.17) is 11.6 Å². The van der Waals surface area contributed by atoms with Crippen molar-refractivity contribution in [3.63, 3.8) is 0 Å². The van der Waals surface area contributed by atoms with Crippen molar-refractivity contribution in [2.75, 3.05) is 32.7 Å². The number of rotatable bonds is 5. The molecule has 6 heteroatoms. The third-order valence-electron chi connectivity index (χ3n) is 4.39. The Kier molecular flexibility index (Phi) is 5.88. The molecule has 0 N–H and O–H groups in total. The highest BCUT2D eigenvalue weighted by molar-refractivity contribution is 6.30. The van der Waals surface area contributed by atoms with E-state index in [1.54, 1.807) is 6.20 Å². The zero-order valence-corrected chi connectivity index (χ0v) is 14.5. The fourth-order valence-electron chi connectivity index (χ4n) is 3.03. The molecule has 0 bridgehead atoms. The summed E-state index contributed by atoms with van der Waals surface area (Å²) in [6.45, 7) is 5.32. The predicted octanol–water partition coefficient (Wildman–Crippen LogP) is 2.31. The Hall–Kier alpha value is -1.85. The molecule has 0 aliphatic carbocycles. The Morgan fingerprint density at radius 2 is 1.92 bits per heavy atom. The molecule has 0 radical (unpaired) electrons. The maximum absolute atomic E-state index is 12.5. The Bertz CT molecular complexity index is 658. The second kappa shape index (κ2) is 8.31. The Morgan fingerprint density at radius 3 is 2.67 bits per heavy atom. The molecule has 0 saturated carbocycles. The van der Waals surface area contributed by atoms with E-state index in [0.29, 0.717) is 11.4 Å². The molecule has 2 heterocycles. The fourth-order valence-corrected chi connectivity index (χ4v) is 3.19. The summed E-state index contributed by atoms with van der Waals surface area (Å²) < 4.78 is 1.87. The largest absolute Gasteiger partial charge is 0.341 e. The lowest BCUT2D eigenvalue weighted by atomic mass is 10.1. The lowest BCUT2D eigenvalue weighted by Gasteiger charge is -2.22. The molecular weight excluding hydrogens is 324 g/mol. The summed E-state index contributed by atoms with van der Waals surface area (Å²) in [5, 5.41) is 4.88. The second-order valence-corrected chi connectivity index (χ2v) is 6.60. The fraction of sp³-hybridized carbons (Fsp3) is 0.444.